The minimum Gasteiger partial charge on any atom is -0.338 e. The van der Waals surface area contributed by atoms with E-state index in [1.54, 1.807) is 0 Å². The Hall–Kier alpha value is -1.55. The molecule has 1 aromatic rings. The van der Waals surface area contributed by atoms with Gasteiger partial charge < -0.3 is 15.1 Å². The van der Waals surface area contributed by atoms with Gasteiger partial charge in [0.15, 0.2) is 0 Å². The molecule has 132 valence electrons. The molecule has 1 aromatic carbocycles. The van der Waals surface area contributed by atoms with Crippen LogP contribution in [0.1, 0.15) is 44.1 Å². The first kappa shape index (κ1) is 17.3. The number of likely N-dealkylation sites (tertiary alicyclic amines) is 2. The van der Waals surface area contributed by atoms with Crippen LogP contribution < -0.4 is 5.32 Å². The zero-order valence-electron chi connectivity index (χ0n) is 14.8. The fourth-order valence-corrected chi connectivity index (χ4v) is 3.96. The van der Waals surface area contributed by atoms with Crippen LogP contribution in [0.15, 0.2) is 30.3 Å². The van der Waals surface area contributed by atoms with Crippen LogP contribution in [0, 0.1) is 0 Å². The Labute approximate surface area is 146 Å². The fourth-order valence-electron chi connectivity index (χ4n) is 3.96. The van der Waals surface area contributed by atoms with Gasteiger partial charge in [-0.1, -0.05) is 43.2 Å². The summed E-state index contributed by atoms with van der Waals surface area (Å²) in [5, 5.41) is 3.15. The maximum atomic E-state index is 12.7. The van der Waals surface area contributed by atoms with Gasteiger partial charge in [0.2, 0.25) is 0 Å². The molecule has 0 bridgehead atoms. The maximum absolute atomic E-state index is 12.7. The summed E-state index contributed by atoms with van der Waals surface area (Å²) in [4.78, 5) is 17.4. The number of hydrogen-bond acceptors (Lipinski definition) is 2. The standard InChI is InChI=1S/C20H31N3O/c24-20(21-13-12-18-9-3-1-4-10-18)23-16-6-2-5-11-19(23)17-22-14-7-8-15-22/h1,3-4,9-10,19H,2,5-8,11-17H2,(H,21,24). The van der Waals surface area contributed by atoms with Gasteiger partial charge in [0, 0.05) is 25.7 Å². The van der Waals surface area contributed by atoms with Crippen LogP contribution in [-0.2, 0) is 6.42 Å². The Morgan fingerprint density at radius 2 is 1.75 bits per heavy atom. The summed E-state index contributed by atoms with van der Waals surface area (Å²) in [6.07, 6.45) is 8.34. The molecule has 4 nitrogen and oxygen atoms in total. The average molecular weight is 329 g/mol. The van der Waals surface area contributed by atoms with Gasteiger partial charge in [-0.05, 0) is 50.8 Å². The number of carbonyl (C=O) groups is 1. The molecule has 0 spiro atoms. The van der Waals surface area contributed by atoms with Crippen LogP contribution in [0.2, 0.25) is 0 Å². The topological polar surface area (TPSA) is 35.6 Å². The minimum absolute atomic E-state index is 0.136. The lowest BCUT2D eigenvalue weighted by Gasteiger charge is -2.33. The highest BCUT2D eigenvalue weighted by atomic mass is 16.2. The van der Waals surface area contributed by atoms with E-state index in [0.717, 1.165) is 38.9 Å². The van der Waals surface area contributed by atoms with Crippen LogP contribution in [0.25, 0.3) is 0 Å². The zero-order valence-corrected chi connectivity index (χ0v) is 14.8. The molecule has 2 heterocycles. The molecule has 2 aliphatic heterocycles. The smallest absolute Gasteiger partial charge is 0.317 e. The van der Waals surface area contributed by atoms with Crippen LogP contribution >= 0.6 is 0 Å². The summed E-state index contributed by atoms with van der Waals surface area (Å²) in [7, 11) is 0. The van der Waals surface area contributed by atoms with Crippen LogP contribution in [0.3, 0.4) is 0 Å². The van der Waals surface area contributed by atoms with Gasteiger partial charge in [0.05, 0.1) is 0 Å². The molecular weight excluding hydrogens is 298 g/mol. The second-order valence-electron chi connectivity index (χ2n) is 7.17. The van der Waals surface area contributed by atoms with E-state index in [2.05, 4.69) is 39.4 Å². The molecule has 2 aliphatic rings. The Morgan fingerprint density at radius 1 is 1.00 bits per heavy atom. The van der Waals surface area contributed by atoms with Gasteiger partial charge in [-0.3, -0.25) is 0 Å². The Kier molecular flexibility index (Phi) is 6.53. The number of amides is 2. The normalized spacial score (nSPS) is 22.3. The number of nitrogens with zero attached hydrogens (tertiary/aromatic N) is 2. The monoisotopic (exact) mass is 329 g/mol. The van der Waals surface area contributed by atoms with Crippen molar-refractivity contribution in [1.82, 2.24) is 15.1 Å². The first-order valence-corrected chi connectivity index (χ1v) is 9.64. The number of hydrogen-bond donors (Lipinski definition) is 1. The summed E-state index contributed by atoms with van der Waals surface area (Å²) < 4.78 is 0. The molecule has 3 rings (SSSR count). The minimum atomic E-state index is 0.136. The van der Waals surface area contributed by atoms with Crippen molar-refractivity contribution in [2.24, 2.45) is 0 Å². The molecule has 0 saturated carbocycles. The van der Waals surface area contributed by atoms with Gasteiger partial charge in [-0.15, -0.1) is 0 Å². The van der Waals surface area contributed by atoms with Crippen molar-refractivity contribution in [3.05, 3.63) is 35.9 Å². The van der Waals surface area contributed by atoms with Crippen molar-refractivity contribution >= 4 is 6.03 Å². The second kappa shape index (κ2) is 9.07. The lowest BCUT2D eigenvalue weighted by molar-refractivity contribution is 0.153. The van der Waals surface area contributed by atoms with Gasteiger partial charge in [0.25, 0.3) is 0 Å². The summed E-state index contributed by atoms with van der Waals surface area (Å²) in [5.41, 5.74) is 1.28. The van der Waals surface area contributed by atoms with E-state index < -0.39 is 0 Å². The lowest BCUT2D eigenvalue weighted by Crippen LogP contribution is -2.50. The summed E-state index contributed by atoms with van der Waals surface area (Å²) in [5.74, 6) is 0. The third-order valence-electron chi connectivity index (χ3n) is 5.34. The largest absolute Gasteiger partial charge is 0.338 e. The summed E-state index contributed by atoms with van der Waals surface area (Å²) in [6.45, 7) is 5.11. The number of rotatable bonds is 5. The highest BCUT2D eigenvalue weighted by molar-refractivity contribution is 5.74. The van der Waals surface area contributed by atoms with Crippen molar-refractivity contribution in [1.29, 1.82) is 0 Å². The van der Waals surface area contributed by atoms with E-state index in [4.69, 9.17) is 0 Å². The van der Waals surface area contributed by atoms with Gasteiger partial charge in [-0.25, -0.2) is 4.79 Å². The molecule has 1 N–H and O–H groups in total. The molecule has 24 heavy (non-hydrogen) atoms. The SMILES string of the molecule is O=C(NCCc1ccccc1)N1CCCCCC1CN1CCCC1. The molecular formula is C20H31N3O. The van der Waals surface area contributed by atoms with Crippen molar-refractivity contribution < 1.29 is 4.79 Å². The van der Waals surface area contributed by atoms with Crippen molar-refractivity contribution in [2.75, 3.05) is 32.7 Å². The van der Waals surface area contributed by atoms with Crippen LogP contribution in [0.4, 0.5) is 4.79 Å². The van der Waals surface area contributed by atoms with E-state index in [1.165, 1.54) is 44.3 Å². The lowest BCUT2D eigenvalue weighted by atomic mass is 10.1. The maximum Gasteiger partial charge on any atom is 0.317 e. The molecule has 2 saturated heterocycles. The fraction of sp³-hybridized carbons (Fsp3) is 0.650. The number of benzene rings is 1. The predicted molar refractivity (Wildman–Crippen MR) is 98.2 cm³/mol. The highest BCUT2D eigenvalue weighted by Gasteiger charge is 2.27. The molecule has 1 unspecified atom stereocenters. The van der Waals surface area contributed by atoms with Crippen LogP contribution in [-0.4, -0.2) is 54.6 Å². The third-order valence-corrected chi connectivity index (χ3v) is 5.34. The van der Waals surface area contributed by atoms with Gasteiger partial charge >= 0.3 is 6.03 Å². The molecule has 2 amide bonds. The predicted octanol–water partition coefficient (Wildman–Crippen LogP) is 3.28. The third kappa shape index (κ3) is 4.97. The van der Waals surface area contributed by atoms with Crippen molar-refractivity contribution in [3.8, 4) is 0 Å². The highest BCUT2D eigenvalue weighted by Crippen LogP contribution is 2.20. The Bertz CT molecular complexity index is 499. The molecule has 4 heteroatoms. The number of carbonyl (C=O) groups excluding carboxylic acids is 1. The molecule has 0 aromatic heterocycles. The van der Waals surface area contributed by atoms with E-state index in [-0.39, 0.29) is 6.03 Å². The second-order valence-corrected chi connectivity index (χ2v) is 7.17. The molecule has 0 aliphatic carbocycles. The average Bonchev–Trinajstić information content (AvgIpc) is 3.00. The first-order valence-electron chi connectivity index (χ1n) is 9.64. The van der Waals surface area contributed by atoms with E-state index >= 15 is 0 Å². The van der Waals surface area contributed by atoms with Gasteiger partial charge in [-0.2, -0.15) is 0 Å². The zero-order chi connectivity index (χ0) is 16.6. The van der Waals surface area contributed by atoms with Crippen LogP contribution in [0.5, 0.6) is 0 Å². The Morgan fingerprint density at radius 3 is 2.54 bits per heavy atom. The number of nitrogens with one attached hydrogen (secondary N) is 1. The van der Waals surface area contributed by atoms with Crippen molar-refractivity contribution in [2.45, 2.75) is 51.0 Å². The van der Waals surface area contributed by atoms with E-state index in [1.807, 2.05) is 6.07 Å². The first-order chi connectivity index (χ1) is 11.8. The number of urea groups is 1. The Balaban J connectivity index is 1.51. The van der Waals surface area contributed by atoms with Crippen molar-refractivity contribution in [3.63, 3.8) is 0 Å². The quantitative estimate of drug-likeness (QED) is 0.900. The summed E-state index contributed by atoms with van der Waals surface area (Å²) >= 11 is 0. The van der Waals surface area contributed by atoms with Gasteiger partial charge in [0.1, 0.15) is 0 Å². The molecule has 1 atom stereocenters. The van der Waals surface area contributed by atoms with E-state index in [9.17, 15) is 4.79 Å². The summed E-state index contributed by atoms with van der Waals surface area (Å²) in [6, 6.07) is 10.9. The molecule has 0 radical (unpaired) electrons. The molecule has 2 fully saturated rings. The van der Waals surface area contributed by atoms with E-state index in [0.29, 0.717) is 6.04 Å².